The van der Waals surface area contributed by atoms with Crippen molar-refractivity contribution >= 4 is 11.7 Å². The Kier molecular flexibility index (Phi) is 4.58. The Labute approximate surface area is 95.4 Å². The topological polar surface area (TPSA) is 46.5 Å². The van der Waals surface area contributed by atoms with Crippen LogP contribution in [0, 0.1) is 0 Å². The first-order valence-electron chi connectivity index (χ1n) is 5.35. The van der Waals surface area contributed by atoms with Crippen LogP contribution in [-0.4, -0.2) is 17.7 Å². The smallest absolute Gasteiger partial charge is 0.335 e. The van der Waals surface area contributed by atoms with Crippen molar-refractivity contribution in [2.45, 2.75) is 20.3 Å². The van der Waals surface area contributed by atoms with Gasteiger partial charge in [-0.05, 0) is 13.3 Å². The number of carbonyl (C=O) groups is 1. The summed E-state index contributed by atoms with van der Waals surface area (Å²) in [5, 5.41) is 9.09. The van der Waals surface area contributed by atoms with Crippen molar-refractivity contribution in [2.75, 3.05) is 6.61 Å². The molecule has 0 fully saturated rings. The fraction of sp³-hybridized carbons (Fsp3) is 0.308. The minimum Gasteiger partial charge on any atom is -0.493 e. The van der Waals surface area contributed by atoms with Crippen LogP contribution >= 0.6 is 0 Å². The molecule has 0 aliphatic carbocycles. The van der Waals surface area contributed by atoms with Crippen LogP contribution in [0.3, 0.4) is 0 Å². The maximum absolute atomic E-state index is 11.1. The Morgan fingerprint density at radius 1 is 1.25 bits per heavy atom. The van der Waals surface area contributed by atoms with Crippen LogP contribution in [0.15, 0.2) is 35.9 Å². The van der Waals surface area contributed by atoms with E-state index in [0.717, 1.165) is 5.56 Å². The van der Waals surface area contributed by atoms with Gasteiger partial charge in [0.2, 0.25) is 0 Å². The van der Waals surface area contributed by atoms with Crippen LogP contribution in [0.25, 0.3) is 5.76 Å². The van der Waals surface area contributed by atoms with E-state index in [-0.39, 0.29) is 0 Å². The molecule has 0 amide bonds. The first kappa shape index (κ1) is 12.3. The van der Waals surface area contributed by atoms with E-state index in [4.69, 9.17) is 9.84 Å². The third-order valence-electron chi connectivity index (χ3n) is 2.21. The Balaban J connectivity index is 3.22. The van der Waals surface area contributed by atoms with Gasteiger partial charge in [-0.3, -0.25) is 0 Å². The second-order valence-corrected chi connectivity index (χ2v) is 3.27. The molecule has 0 saturated carbocycles. The molecule has 1 rings (SSSR count). The van der Waals surface area contributed by atoms with E-state index < -0.39 is 5.97 Å². The molecule has 1 aromatic rings. The summed E-state index contributed by atoms with van der Waals surface area (Å²) in [5.41, 5.74) is 1.12. The van der Waals surface area contributed by atoms with Crippen molar-refractivity contribution in [1.29, 1.82) is 0 Å². The van der Waals surface area contributed by atoms with E-state index in [1.54, 1.807) is 0 Å². The molecule has 86 valence electrons. The summed E-state index contributed by atoms with van der Waals surface area (Å²) >= 11 is 0. The summed E-state index contributed by atoms with van der Waals surface area (Å²) in [4.78, 5) is 11.1. The first-order valence-corrected chi connectivity index (χ1v) is 5.35. The minimum atomic E-state index is -0.921. The second kappa shape index (κ2) is 5.95. The van der Waals surface area contributed by atoms with Crippen molar-refractivity contribution in [3.63, 3.8) is 0 Å². The highest BCUT2D eigenvalue weighted by atomic mass is 16.5. The molecule has 0 aliphatic rings. The summed E-state index contributed by atoms with van der Waals surface area (Å²) in [7, 11) is 0. The van der Waals surface area contributed by atoms with Crippen LogP contribution in [-0.2, 0) is 9.53 Å². The zero-order chi connectivity index (χ0) is 12.0. The third-order valence-corrected chi connectivity index (χ3v) is 2.21. The largest absolute Gasteiger partial charge is 0.493 e. The molecule has 0 aliphatic heterocycles. The molecule has 3 nitrogen and oxygen atoms in total. The lowest BCUT2D eigenvalue weighted by Crippen LogP contribution is -2.06. The molecule has 0 unspecified atom stereocenters. The van der Waals surface area contributed by atoms with Crippen molar-refractivity contribution in [1.82, 2.24) is 0 Å². The zero-order valence-electron chi connectivity index (χ0n) is 9.56. The summed E-state index contributed by atoms with van der Waals surface area (Å²) in [5.74, 6) is -0.451. The maximum atomic E-state index is 11.1. The monoisotopic (exact) mass is 220 g/mol. The molecular formula is C13H16O3. The number of rotatable bonds is 5. The summed E-state index contributed by atoms with van der Waals surface area (Å²) in [6.45, 7) is 4.12. The number of benzene rings is 1. The Morgan fingerprint density at radius 2 is 1.88 bits per heavy atom. The van der Waals surface area contributed by atoms with Gasteiger partial charge in [0, 0.05) is 5.56 Å². The number of hydrogen-bond donors (Lipinski definition) is 1. The van der Waals surface area contributed by atoms with Crippen LogP contribution < -0.4 is 0 Å². The standard InChI is InChI=1S/C13H16O3/c1-3-11(13(14)15)12(16-4-2)10-8-6-5-7-9-10/h5-9H,3-4H2,1-2H3,(H,14,15). The fourth-order valence-electron chi connectivity index (χ4n) is 1.49. The second-order valence-electron chi connectivity index (χ2n) is 3.27. The molecule has 0 aromatic heterocycles. The number of carboxylic acids is 1. The van der Waals surface area contributed by atoms with E-state index in [1.807, 2.05) is 44.2 Å². The molecule has 1 N–H and O–H groups in total. The van der Waals surface area contributed by atoms with E-state index >= 15 is 0 Å². The molecule has 0 heterocycles. The van der Waals surface area contributed by atoms with Gasteiger partial charge in [-0.15, -0.1) is 0 Å². The average molecular weight is 220 g/mol. The molecule has 0 bridgehead atoms. The third kappa shape index (κ3) is 2.86. The van der Waals surface area contributed by atoms with Gasteiger partial charge in [-0.2, -0.15) is 0 Å². The predicted molar refractivity (Wildman–Crippen MR) is 62.9 cm³/mol. The van der Waals surface area contributed by atoms with Crippen LogP contribution in [0.4, 0.5) is 0 Å². The molecule has 0 spiro atoms. The van der Waals surface area contributed by atoms with E-state index in [0.29, 0.717) is 24.4 Å². The number of hydrogen-bond acceptors (Lipinski definition) is 2. The predicted octanol–water partition coefficient (Wildman–Crippen LogP) is 2.93. The molecule has 0 saturated heterocycles. The van der Waals surface area contributed by atoms with Gasteiger partial charge in [0.05, 0.1) is 12.2 Å². The molecule has 0 radical (unpaired) electrons. The normalized spacial score (nSPS) is 11.9. The molecular weight excluding hydrogens is 204 g/mol. The number of ether oxygens (including phenoxy) is 1. The summed E-state index contributed by atoms with van der Waals surface area (Å²) in [6, 6.07) is 9.32. The lowest BCUT2D eigenvalue weighted by atomic mass is 10.1. The summed E-state index contributed by atoms with van der Waals surface area (Å²) < 4.78 is 5.44. The summed E-state index contributed by atoms with van der Waals surface area (Å²) in [6.07, 6.45) is 0.444. The molecule has 16 heavy (non-hydrogen) atoms. The maximum Gasteiger partial charge on any atom is 0.335 e. The quantitative estimate of drug-likeness (QED) is 0.613. The van der Waals surface area contributed by atoms with Crippen LogP contribution in [0.5, 0.6) is 0 Å². The van der Waals surface area contributed by atoms with Gasteiger partial charge in [0.1, 0.15) is 5.76 Å². The molecule has 1 aromatic carbocycles. The highest BCUT2D eigenvalue weighted by molar-refractivity contribution is 5.94. The Bertz CT molecular complexity index is 379. The minimum absolute atomic E-state index is 0.313. The highest BCUT2D eigenvalue weighted by Crippen LogP contribution is 2.22. The Morgan fingerprint density at radius 3 is 2.31 bits per heavy atom. The van der Waals surface area contributed by atoms with Gasteiger partial charge >= 0.3 is 5.97 Å². The van der Waals surface area contributed by atoms with Crippen molar-refractivity contribution in [2.24, 2.45) is 0 Å². The van der Waals surface area contributed by atoms with Crippen molar-refractivity contribution in [3.05, 3.63) is 41.5 Å². The van der Waals surface area contributed by atoms with Crippen molar-refractivity contribution in [3.8, 4) is 0 Å². The highest BCUT2D eigenvalue weighted by Gasteiger charge is 2.15. The van der Waals surface area contributed by atoms with Crippen molar-refractivity contribution < 1.29 is 14.6 Å². The SMILES string of the molecule is CCOC(=C(CC)C(=O)O)c1ccccc1. The van der Waals surface area contributed by atoms with Gasteiger partial charge in [0.25, 0.3) is 0 Å². The lowest BCUT2D eigenvalue weighted by Gasteiger charge is -2.12. The number of carboxylic acid groups (broad SMARTS) is 1. The van der Waals surface area contributed by atoms with Gasteiger partial charge < -0.3 is 9.84 Å². The van der Waals surface area contributed by atoms with Gasteiger partial charge in [-0.25, -0.2) is 4.79 Å². The van der Waals surface area contributed by atoms with E-state index in [9.17, 15) is 4.79 Å². The molecule has 3 heteroatoms. The lowest BCUT2D eigenvalue weighted by molar-refractivity contribution is -0.132. The van der Waals surface area contributed by atoms with Crippen LogP contribution in [0.1, 0.15) is 25.8 Å². The Hall–Kier alpha value is -1.77. The van der Waals surface area contributed by atoms with Gasteiger partial charge in [0.15, 0.2) is 0 Å². The molecule has 0 atom stereocenters. The zero-order valence-corrected chi connectivity index (χ0v) is 9.56. The van der Waals surface area contributed by atoms with E-state index in [2.05, 4.69) is 0 Å². The van der Waals surface area contributed by atoms with E-state index in [1.165, 1.54) is 0 Å². The number of aliphatic carboxylic acids is 1. The average Bonchev–Trinajstić information content (AvgIpc) is 2.29. The first-order chi connectivity index (χ1) is 7.70. The van der Waals surface area contributed by atoms with Gasteiger partial charge in [-0.1, -0.05) is 37.3 Å². The van der Waals surface area contributed by atoms with Crippen LogP contribution in [0.2, 0.25) is 0 Å². The fourth-order valence-corrected chi connectivity index (χ4v) is 1.49.